The summed E-state index contributed by atoms with van der Waals surface area (Å²) in [4.78, 5) is 12.1. The molecule has 0 radical (unpaired) electrons. The molecular weight excluding hydrogens is 264 g/mol. The van der Waals surface area contributed by atoms with Crippen LogP contribution >= 0.6 is 0 Å². The number of anilines is 1. The molecule has 1 aromatic rings. The average molecular weight is 280 g/mol. The van der Waals surface area contributed by atoms with Crippen LogP contribution in [-0.2, 0) is 21.1 Å². The number of carbonyl (C=O) groups is 1. The van der Waals surface area contributed by atoms with Crippen LogP contribution in [0, 0.1) is 0 Å². The number of carbonyl (C=O) groups excluding carboxylic acids is 1. The zero-order chi connectivity index (χ0) is 13.5. The lowest BCUT2D eigenvalue weighted by Crippen LogP contribution is -2.44. The molecule has 0 saturated carbocycles. The van der Waals surface area contributed by atoms with Crippen LogP contribution in [0.5, 0.6) is 0 Å². The molecule has 1 aromatic carbocycles. The van der Waals surface area contributed by atoms with Crippen molar-refractivity contribution in [3.8, 4) is 0 Å². The minimum atomic E-state index is -2.95. The lowest BCUT2D eigenvalue weighted by Gasteiger charge is -2.15. The van der Waals surface area contributed by atoms with Crippen molar-refractivity contribution in [3.05, 3.63) is 29.8 Å². The number of benzene rings is 1. The lowest BCUT2D eigenvalue weighted by molar-refractivity contribution is -0.122. The van der Waals surface area contributed by atoms with E-state index in [9.17, 15) is 13.2 Å². The predicted molar refractivity (Wildman–Crippen MR) is 72.8 cm³/mol. The number of rotatable bonds is 2. The first-order valence-electron chi connectivity index (χ1n) is 6.39. The third-order valence-corrected chi connectivity index (χ3v) is 5.43. The fourth-order valence-electron chi connectivity index (χ4n) is 2.67. The van der Waals surface area contributed by atoms with Gasteiger partial charge < -0.3 is 10.6 Å². The van der Waals surface area contributed by atoms with E-state index in [4.69, 9.17) is 0 Å². The maximum Gasteiger partial charge on any atom is 0.243 e. The van der Waals surface area contributed by atoms with Gasteiger partial charge in [0.15, 0.2) is 9.84 Å². The van der Waals surface area contributed by atoms with E-state index in [2.05, 4.69) is 10.6 Å². The summed E-state index contributed by atoms with van der Waals surface area (Å²) < 4.78 is 22.7. The molecular formula is C13H16N2O3S. The summed E-state index contributed by atoms with van der Waals surface area (Å²) in [5, 5.41) is 6.00. The zero-order valence-electron chi connectivity index (χ0n) is 10.4. The van der Waals surface area contributed by atoms with Gasteiger partial charge in [-0.15, -0.1) is 0 Å². The molecule has 5 nitrogen and oxygen atoms in total. The Morgan fingerprint density at radius 3 is 2.79 bits per heavy atom. The van der Waals surface area contributed by atoms with Crippen molar-refractivity contribution in [2.75, 3.05) is 16.8 Å². The molecule has 6 heteroatoms. The van der Waals surface area contributed by atoms with Crippen molar-refractivity contribution in [2.24, 2.45) is 0 Å². The Kier molecular flexibility index (Phi) is 2.97. The molecule has 19 heavy (non-hydrogen) atoms. The summed E-state index contributed by atoms with van der Waals surface area (Å²) in [7, 11) is -2.95. The van der Waals surface area contributed by atoms with Crippen LogP contribution in [0.1, 0.15) is 12.0 Å². The van der Waals surface area contributed by atoms with Crippen LogP contribution in [0.25, 0.3) is 0 Å². The summed E-state index contributed by atoms with van der Waals surface area (Å²) >= 11 is 0. The van der Waals surface area contributed by atoms with Gasteiger partial charge in [-0.25, -0.2) is 8.42 Å². The van der Waals surface area contributed by atoms with Crippen molar-refractivity contribution in [2.45, 2.75) is 24.9 Å². The van der Waals surface area contributed by atoms with Gasteiger partial charge in [0.2, 0.25) is 5.91 Å². The minimum Gasteiger partial charge on any atom is -0.373 e. The van der Waals surface area contributed by atoms with E-state index >= 15 is 0 Å². The summed E-state index contributed by atoms with van der Waals surface area (Å²) in [6.07, 6.45) is 1.18. The monoisotopic (exact) mass is 280 g/mol. The Morgan fingerprint density at radius 1 is 1.32 bits per heavy atom. The standard InChI is InChI=1S/C13H16N2O3S/c16-13(14-10-5-6-19(17,18)8-10)12-7-9-3-1-2-4-11(9)15-12/h1-4,10,12,15H,5-8H2,(H,14,16). The van der Waals surface area contributed by atoms with E-state index in [1.54, 1.807) is 0 Å². The van der Waals surface area contributed by atoms with Crippen molar-refractivity contribution in [1.82, 2.24) is 5.32 Å². The van der Waals surface area contributed by atoms with E-state index in [1.165, 1.54) is 0 Å². The minimum absolute atomic E-state index is 0.0679. The molecule has 1 amide bonds. The molecule has 0 spiro atoms. The highest BCUT2D eigenvalue weighted by atomic mass is 32.2. The second kappa shape index (κ2) is 4.52. The average Bonchev–Trinajstić information content (AvgIpc) is 2.92. The maximum absolute atomic E-state index is 12.1. The van der Waals surface area contributed by atoms with Crippen molar-refractivity contribution >= 4 is 21.4 Å². The first-order valence-corrected chi connectivity index (χ1v) is 8.21. The predicted octanol–water partition coefficient (Wildman–Crippen LogP) is 0.326. The molecule has 3 rings (SSSR count). The Hall–Kier alpha value is -1.56. The summed E-state index contributed by atoms with van der Waals surface area (Å²) in [6, 6.07) is 7.29. The SMILES string of the molecule is O=C(NC1CCS(=O)(=O)C1)C1Cc2ccccc2N1. The maximum atomic E-state index is 12.1. The Balaban J connectivity index is 1.62. The van der Waals surface area contributed by atoms with Crippen LogP contribution in [0.4, 0.5) is 5.69 Å². The van der Waals surface area contributed by atoms with E-state index < -0.39 is 9.84 Å². The molecule has 2 N–H and O–H groups in total. The van der Waals surface area contributed by atoms with Gasteiger partial charge in [0, 0.05) is 18.2 Å². The highest BCUT2D eigenvalue weighted by molar-refractivity contribution is 7.91. The Bertz CT molecular complexity index is 587. The van der Waals surface area contributed by atoms with Gasteiger partial charge in [0.05, 0.1) is 11.5 Å². The molecule has 2 aliphatic rings. The molecule has 2 unspecified atom stereocenters. The number of fused-ring (bicyclic) bond motifs is 1. The quantitative estimate of drug-likeness (QED) is 0.818. The van der Waals surface area contributed by atoms with Crippen LogP contribution in [0.15, 0.2) is 24.3 Å². The topological polar surface area (TPSA) is 75.3 Å². The largest absolute Gasteiger partial charge is 0.373 e. The number of hydrogen-bond acceptors (Lipinski definition) is 4. The summed E-state index contributed by atoms with van der Waals surface area (Å²) in [6.45, 7) is 0. The van der Waals surface area contributed by atoms with Crippen LogP contribution in [0.2, 0.25) is 0 Å². The first-order chi connectivity index (χ1) is 9.03. The Morgan fingerprint density at radius 2 is 2.11 bits per heavy atom. The molecule has 102 valence electrons. The third-order valence-electron chi connectivity index (χ3n) is 3.67. The highest BCUT2D eigenvalue weighted by Gasteiger charge is 2.32. The van der Waals surface area contributed by atoms with Gasteiger partial charge >= 0.3 is 0 Å². The summed E-state index contributed by atoms with van der Waals surface area (Å²) in [5.74, 6) is 0.132. The van der Waals surface area contributed by atoms with Crippen LogP contribution in [0.3, 0.4) is 0 Å². The first kappa shape index (κ1) is 12.5. The summed E-state index contributed by atoms with van der Waals surface area (Å²) in [5.41, 5.74) is 2.11. The normalized spacial score (nSPS) is 27.6. The number of hydrogen-bond donors (Lipinski definition) is 2. The molecule has 1 fully saturated rings. The van der Waals surface area contributed by atoms with Crippen LogP contribution in [-0.4, -0.2) is 37.9 Å². The number of nitrogens with one attached hydrogen (secondary N) is 2. The number of amides is 1. The third kappa shape index (κ3) is 2.58. The smallest absolute Gasteiger partial charge is 0.243 e. The van der Waals surface area contributed by atoms with Crippen LogP contribution < -0.4 is 10.6 Å². The second-order valence-corrected chi connectivity index (χ2v) is 7.40. The van der Waals surface area contributed by atoms with E-state index in [0.29, 0.717) is 12.8 Å². The fourth-order valence-corrected chi connectivity index (χ4v) is 4.34. The molecule has 0 bridgehead atoms. The van der Waals surface area contributed by atoms with E-state index in [0.717, 1.165) is 11.3 Å². The van der Waals surface area contributed by atoms with Crippen molar-refractivity contribution in [3.63, 3.8) is 0 Å². The van der Waals surface area contributed by atoms with Gasteiger partial charge in [0.1, 0.15) is 6.04 Å². The van der Waals surface area contributed by atoms with Gasteiger partial charge in [-0.1, -0.05) is 18.2 Å². The second-order valence-electron chi connectivity index (χ2n) is 5.17. The highest BCUT2D eigenvalue weighted by Crippen LogP contribution is 2.25. The lowest BCUT2D eigenvalue weighted by atomic mass is 10.1. The fraction of sp³-hybridized carbons (Fsp3) is 0.462. The molecule has 2 heterocycles. The van der Waals surface area contributed by atoms with E-state index in [1.807, 2.05) is 24.3 Å². The van der Waals surface area contributed by atoms with Crippen molar-refractivity contribution < 1.29 is 13.2 Å². The van der Waals surface area contributed by atoms with Gasteiger partial charge in [-0.3, -0.25) is 4.79 Å². The molecule has 2 aliphatic heterocycles. The van der Waals surface area contributed by atoms with E-state index in [-0.39, 0.29) is 29.5 Å². The molecule has 0 aliphatic carbocycles. The Labute approximate surface area is 112 Å². The zero-order valence-corrected chi connectivity index (χ0v) is 11.2. The number of para-hydroxylation sites is 1. The van der Waals surface area contributed by atoms with Gasteiger partial charge in [-0.05, 0) is 18.1 Å². The van der Waals surface area contributed by atoms with Gasteiger partial charge in [0.25, 0.3) is 0 Å². The number of sulfone groups is 1. The molecule has 2 atom stereocenters. The molecule has 1 saturated heterocycles. The van der Waals surface area contributed by atoms with Gasteiger partial charge in [-0.2, -0.15) is 0 Å². The van der Waals surface area contributed by atoms with Crippen molar-refractivity contribution in [1.29, 1.82) is 0 Å². The molecule has 0 aromatic heterocycles.